The maximum Gasteiger partial charge on any atom is 0.221 e. The summed E-state index contributed by atoms with van der Waals surface area (Å²) in [5.74, 6) is -0.320. The third kappa shape index (κ3) is 3.11. The minimum absolute atomic E-state index is 0.258. The summed E-state index contributed by atoms with van der Waals surface area (Å²) in [6.07, 6.45) is 2.14. The van der Waals surface area contributed by atoms with Crippen LogP contribution in [0.5, 0.6) is 0 Å². The number of rotatable bonds is 5. The van der Waals surface area contributed by atoms with Crippen LogP contribution in [0.1, 0.15) is 11.3 Å². The molecule has 1 aromatic heterocycles. The predicted molar refractivity (Wildman–Crippen MR) is 67.5 cm³/mol. The lowest BCUT2D eigenvalue weighted by atomic mass is 10.1. The molecule has 0 atom stereocenters. The van der Waals surface area contributed by atoms with E-state index in [2.05, 4.69) is 10.3 Å². The monoisotopic (exact) mass is 229 g/mol. The average molecular weight is 229 g/mol. The molecular weight excluding hydrogens is 214 g/mol. The Morgan fingerprint density at radius 2 is 2.06 bits per heavy atom. The van der Waals surface area contributed by atoms with Crippen LogP contribution in [0.15, 0.2) is 42.6 Å². The van der Waals surface area contributed by atoms with Gasteiger partial charge in [-0.25, -0.2) is 0 Å². The van der Waals surface area contributed by atoms with E-state index in [1.807, 2.05) is 42.6 Å². The van der Waals surface area contributed by atoms with Gasteiger partial charge in [-0.15, -0.1) is 0 Å². The van der Waals surface area contributed by atoms with E-state index in [1.54, 1.807) is 0 Å². The Balaban J connectivity index is 2.06. The maximum atomic E-state index is 10.9. The van der Waals surface area contributed by atoms with Gasteiger partial charge < -0.3 is 16.0 Å². The Kier molecular flexibility index (Phi) is 3.45. The third-order valence-electron chi connectivity index (χ3n) is 2.51. The highest BCUT2D eigenvalue weighted by molar-refractivity contribution is 5.78. The molecule has 1 amide bonds. The second kappa shape index (κ2) is 5.21. The predicted octanol–water partition coefficient (Wildman–Crippen LogP) is 1.65. The molecule has 4 heteroatoms. The fourth-order valence-electron chi connectivity index (χ4n) is 1.70. The molecule has 0 fully saturated rings. The average Bonchev–Trinajstić information content (AvgIpc) is 2.80. The second-order valence-electron chi connectivity index (χ2n) is 3.85. The fraction of sp³-hybridized carbons (Fsp3) is 0.154. The molecule has 0 aliphatic heterocycles. The summed E-state index contributed by atoms with van der Waals surface area (Å²) in [7, 11) is 0. The molecule has 2 aromatic rings. The number of amides is 1. The Hall–Kier alpha value is -2.23. The number of para-hydroxylation sites is 1. The van der Waals surface area contributed by atoms with E-state index in [1.165, 1.54) is 0 Å². The molecule has 88 valence electrons. The molecule has 0 aliphatic rings. The van der Waals surface area contributed by atoms with Gasteiger partial charge in [-0.05, 0) is 23.8 Å². The molecule has 2 rings (SSSR count). The highest BCUT2D eigenvalue weighted by atomic mass is 16.1. The van der Waals surface area contributed by atoms with Crippen LogP contribution in [0.4, 0.5) is 5.69 Å². The minimum Gasteiger partial charge on any atom is -0.379 e. The van der Waals surface area contributed by atoms with Crippen LogP contribution in [0.3, 0.4) is 0 Å². The largest absolute Gasteiger partial charge is 0.379 e. The molecular formula is C13H15N3O. The van der Waals surface area contributed by atoms with Gasteiger partial charge in [0.25, 0.3) is 0 Å². The zero-order valence-electron chi connectivity index (χ0n) is 9.44. The van der Waals surface area contributed by atoms with Crippen molar-refractivity contribution in [3.8, 4) is 0 Å². The maximum absolute atomic E-state index is 10.9. The van der Waals surface area contributed by atoms with E-state index in [9.17, 15) is 4.79 Å². The molecule has 0 radical (unpaired) electrons. The summed E-state index contributed by atoms with van der Waals surface area (Å²) in [5.41, 5.74) is 8.18. The quantitative estimate of drug-likeness (QED) is 0.729. The number of aromatic nitrogens is 1. The van der Waals surface area contributed by atoms with Crippen LogP contribution in [-0.2, 0) is 17.8 Å². The van der Waals surface area contributed by atoms with E-state index < -0.39 is 0 Å². The minimum atomic E-state index is -0.320. The summed E-state index contributed by atoms with van der Waals surface area (Å²) >= 11 is 0. The molecule has 1 heterocycles. The number of benzene rings is 1. The number of hydrogen-bond acceptors (Lipinski definition) is 2. The van der Waals surface area contributed by atoms with Crippen molar-refractivity contribution in [2.75, 3.05) is 5.32 Å². The number of carbonyl (C=O) groups excluding carboxylic acids is 1. The zero-order valence-corrected chi connectivity index (χ0v) is 9.44. The zero-order chi connectivity index (χ0) is 12.1. The lowest BCUT2D eigenvalue weighted by Gasteiger charge is -2.10. The lowest BCUT2D eigenvalue weighted by molar-refractivity contribution is -0.117. The van der Waals surface area contributed by atoms with Crippen molar-refractivity contribution in [2.45, 2.75) is 13.0 Å². The van der Waals surface area contributed by atoms with Gasteiger partial charge in [-0.3, -0.25) is 4.79 Å². The SMILES string of the molecule is NC(=O)Cc1ccccc1NCc1ccc[nH]1. The smallest absolute Gasteiger partial charge is 0.221 e. The number of nitrogens with one attached hydrogen (secondary N) is 2. The number of H-pyrrole nitrogens is 1. The van der Waals surface area contributed by atoms with Crippen LogP contribution in [0, 0.1) is 0 Å². The molecule has 17 heavy (non-hydrogen) atoms. The van der Waals surface area contributed by atoms with Crippen LogP contribution in [0.25, 0.3) is 0 Å². The van der Waals surface area contributed by atoms with E-state index in [-0.39, 0.29) is 12.3 Å². The summed E-state index contributed by atoms with van der Waals surface area (Å²) in [6, 6.07) is 11.6. The first-order chi connectivity index (χ1) is 8.25. The van der Waals surface area contributed by atoms with Crippen LogP contribution >= 0.6 is 0 Å². The Morgan fingerprint density at radius 1 is 1.24 bits per heavy atom. The first kappa shape index (κ1) is 11.3. The van der Waals surface area contributed by atoms with Crippen molar-refractivity contribution >= 4 is 11.6 Å². The highest BCUT2D eigenvalue weighted by Gasteiger charge is 2.04. The lowest BCUT2D eigenvalue weighted by Crippen LogP contribution is -2.15. The van der Waals surface area contributed by atoms with Crippen molar-refractivity contribution < 1.29 is 4.79 Å². The molecule has 4 N–H and O–H groups in total. The number of anilines is 1. The van der Waals surface area contributed by atoms with Crippen LogP contribution in [-0.4, -0.2) is 10.9 Å². The van der Waals surface area contributed by atoms with E-state index in [4.69, 9.17) is 5.73 Å². The number of carbonyl (C=O) groups is 1. The summed E-state index contributed by atoms with van der Waals surface area (Å²) < 4.78 is 0. The van der Waals surface area contributed by atoms with Gasteiger partial charge >= 0.3 is 0 Å². The number of aromatic amines is 1. The summed E-state index contributed by atoms with van der Waals surface area (Å²) in [5, 5.41) is 3.28. The van der Waals surface area contributed by atoms with Gasteiger partial charge in [-0.1, -0.05) is 18.2 Å². The van der Waals surface area contributed by atoms with Crippen molar-refractivity contribution in [3.05, 3.63) is 53.9 Å². The molecule has 1 aromatic carbocycles. The fourth-order valence-corrected chi connectivity index (χ4v) is 1.70. The molecule has 0 unspecified atom stereocenters. The van der Waals surface area contributed by atoms with E-state index in [0.717, 1.165) is 16.9 Å². The summed E-state index contributed by atoms with van der Waals surface area (Å²) in [4.78, 5) is 14.1. The molecule has 0 saturated carbocycles. The number of nitrogens with two attached hydrogens (primary N) is 1. The first-order valence-electron chi connectivity index (χ1n) is 5.48. The van der Waals surface area contributed by atoms with Crippen molar-refractivity contribution in [1.82, 2.24) is 4.98 Å². The molecule has 0 spiro atoms. The number of primary amides is 1. The normalized spacial score (nSPS) is 10.1. The van der Waals surface area contributed by atoms with Gasteiger partial charge in [0.2, 0.25) is 5.91 Å². The van der Waals surface area contributed by atoms with Crippen molar-refractivity contribution in [3.63, 3.8) is 0 Å². The number of hydrogen-bond donors (Lipinski definition) is 3. The molecule has 0 bridgehead atoms. The van der Waals surface area contributed by atoms with Crippen molar-refractivity contribution in [2.24, 2.45) is 5.73 Å². The van der Waals surface area contributed by atoms with Gasteiger partial charge in [0, 0.05) is 17.6 Å². The molecule has 0 saturated heterocycles. The van der Waals surface area contributed by atoms with Gasteiger partial charge in [0.05, 0.1) is 13.0 Å². The Labute approximate surface area is 99.8 Å². The highest BCUT2D eigenvalue weighted by Crippen LogP contribution is 2.16. The van der Waals surface area contributed by atoms with Gasteiger partial charge in [0.15, 0.2) is 0 Å². The van der Waals surface area contributed by atoms with Crippen molar-refractivity contribution in [1.29, 1.82) is 0 Å². The Morgan fingerprint density at radius 3 is 2.76 bits per heavy atom. The molecule has 0 aliphatic carbocycles. The van der Waals surface area contributed by atoms with Gasteiger partial charge in [-0.2, -0.15) is 0 Å². The summed E-state index contributed by atoms with van der Waals surface area (Å²) in [6.45, 7) is 0.697. The Bertz CT molecular complexity index is 491. The first-order valence-corrected chi connectivity index (χ1v) is 5.48. The van der Waals surface area contributed by atoms with Crippen LogP contribution < -0.4 is 11.1 Å². The van der Waals surface area contributed by atoms with Crippen LogP contribution in [0.2, 0.25) is 0 Å². The molecule has 4 nitrogen and oxygen atoms in total. The van der Waals surface area contributed by atoms with E-state index >= 15 is 0 Å². The second-order valence-corrected chi connectivity index (χ2v) is 3.85. The standard InChI is InChI=1S/C13H15N3O/c14-13(17)8-10-4-1-2-6-12(10)16-9-11-5-3-7-15-11/h1-7,15-16H,8-9H2,(H2,14,17). The third-order valence-corrected chi connectivity index (χ3v) is 2.51. The van der Waals surface area contributed by atoms with Gasteiger partial charge in [0.1, 0.15) is 0 Å². The topological polar surface area (TPSA) is 70.9 Å². The van der Waals surface area contributed by atoms with E-state index in [0.29, 0.717) is 6.54 Å².